The Morgan fingerprint density at radius 2 is 1.97 bits per heavy atom. The van der Waals surface area contributed by atoms with E-state index in [1.54, 1.807) is 52.6 Å². The normalized spacial score (nSPS) is 15.3. The lowest BCUT2D eigenvalue weighted by Gasteiger charge is -2.17. The zero-order valence-electron chi connectivity index (χ0n) is 18.5. The lowest BCUT2D eigenvalue weighted by atomic mass is 10.1. The van der Waals surface area contributed by atoms with E-state index in [0.29, 0.717) is 35.2 Å². The summed E-state index contributed by atoms with van der Waals surface area (Å²) < 4.78 is 5.55. The maximum absolute atomic E-state index is 12.5. The molecule has 7 nitrogen and oxygen atoms in total. The second-order valence-corrected chi connectivity index (χ2v) is 9.44. The first-order chi connectivity index (χ1) is 16.4. The maximum atomic E-state index is 12.5. The van der Waals surface area contributed by atoms with Crippen LogP contribution in [0.25, 0.3) is 0 Å². The smallest absolute Gasteiger partial charge is 0.262 e. The van der Waals surface area contributed by atoms with Gasteiger partial charge in [0.2, 0.25) is 11.8 Å². The second kappa shape index (κ2) is 10.7. The molecule has 1 fully saturated rings. The van der Waals surface area contributed by atoms with Gasteiger partial charge < -0.3 is 20.3 Å². The first-order valence-corrected chi connectivity index (χ1v) is 12.0. The molecule has 1 aromatic heterocycles. The molecule has 0 radical (unpaired) electrons. The molecule has 0 aliphatic carbocycles. The molecule has 4 rings (SSSR count). The molecule has 9 heteroatoms. The largest absolute Gasteiger partial charge is 0.484 e. The Morgan fingerprint density at radius 1 is 1.18 bits per heavy atom. The minimum absolute atomic E-state index is 0.0962. The van der Waals surface area contributed by atoms with Crippen molar-refractivity contribution >= 4 is 52.0 Å². The topological polar surface area (TPSA) is 87.7 Å². The molecule has 3 amide bonds. The zero-order valence-corrected chi connectivity index (χ0v) is 20.1. The molecule has 0 saturated carbocycles. The molecule has 0 bridgehead atoms. The van der Waals surface area contributed by atoms with Crippen LogP contribution < -0.4 is 20.3 Å². The van der Waals surface area contributed by atoms with E-state index in [1.807, 2.05) is 30.5 Å². The quantitative estimate of drug-likeness (QED) is 0.483. The average Bonchev–Trinajstić information content (AvgIpc) is 3.49. The van der Waals surface area contributed by atoms with Gasteiger partial charge >= 0.3 is 0 Å². The van der Waals surface area contributed by atoms with Crippen molar-refractivity contribution in [2.45, 2.75) is 19.9 Å². The number of nitrogens with zero attached hydrogens (tertiary/aromatic N) is 1. The fourth-order valence-electron chi connectivity index (χ4n) is 3.60. The van der Waals surface area contributed by atoms with E-state index in [1.165, 1.54) is 0 Å². The van der Waals surface area contributed by atoms with Gasteiger partial charge in [-0.1, -0.05) is 23.7 Å². The van der Waals surface area contributed by atoms with Crippen LogP contribution in [0.1, 0.15) is 16.9 Å². The van der Waals surface area contributed by atoms with E-state index in [9.17, 15) is 14.4 Å². The minimum atomic E-state index is -0.387. The van der Waals surface area contributed by atoms with Gasteiger partial charge in [-0.15, -0.1) is 11.3 Å². The lowest BCUT2D eigenvalue weighted by molar-refractivity contribution is -0.126. The molecule has 0 spiro atoms. The summed E-state index contributed by atoms with van der Waals surface area (Å²) in [4.78, 5) is 39.8. The molecule has 2 heterocycles. The van der Waals surface area contributed by atoms with Crippen molar-refractivity contribution in [1.82, 2.24) is 5.32 Å². The number of aryl methyl sites for hydroxylation is 1. The summed E-state index contributed by atoms with van der Waals surface area (Å²) in [6.45, 7) is 2.52. The molecule has 1 aliphatic heterocycles. The Kier molecular flexibility index (Phi) is 7.49. The van der Waals surface area contributed by atoms with Gasteiger partial charge in [-0.3, -0.25) is 14.4 Å². The number of carbonyl (C=O) groups excluding carboxylic acids is 3. The zero-order chi connectivity index (χ0) is 24.1. The number of anilines is 2. The first kappa shape index (κ1) is 23.8. The van der Waals surface area contributed by atoms with E-state index in [2.05, 4.69) is 10.6 Å². The van der Waals surface area contributed by atoms with Crippen LogP contribution in [0.2, 0.25) is 5.02 Å². The molecule has 34 heavy (non-hydrogen) atoms. The van der Waals surface area contributed by atoms with E-state index < -0.39 is 0 Å². The third kappa shape index (κ3) is 5.95. The fraction of sp³-hybridized carbons (Fsp3) is 0.240. The number of benzene rings is 2. The Hall–Kier alpha value is -3.36. The maximum Gasteiger partial charge on any atom is 0.262 e. The van der Waals surface area contributed by atoms with Gasteiger partial charge in [0.1, 0.15) is 5.75 Å². The number of hydrogen-bond acceptors (Lipinski definition) is 5. The predicted octanol–water partition coefficient (Wildman–Crippen LogP) is 4.40. The molecule has 0 unspecified atom stereocenters. The van der Waals surface area contributed by atoms with Crippen LogP contribution in [0.15, 0.2) is 60.0 Å². The number of ether oxygens (including phenoxy) is 1. The minimum Gasteiger partial charge on any atom is -0.484 e. The Labute approximate surface area is 206 Å². The van der Waals surface area contributed by atoms with Crippen LogP contribution in [-0.4, -0.2) is 30.9 Å². The summed E-state index contributed by atoms with van der Waals surface area (Å²) >= 11 is 7.66. The monoisotopic (exact) mass is 497 g/mol. The van der Waals surface area contributed by atoms with Gasteiger partial charge in [0, 0.05) is 34.2 Å². The highest BCUT2D eigenvalue weighted by Crippen LogP contribution is 2.27. The number of thiophene rings is 1. The number of amides is 3. The van der Waals surface area contributed by atoms with Crippen molar-refractivity contribution in [1.29, 1.82) is 0 Å². The predicted molar refractivity (Wildman–Crippen MR) is 133 cm³/mol. The van der Waals surface area contributed by atoms with Crippen LogP contribution in [0.4, 0.5) is 11.4 Å². The summed E-state index contributed by atoms with van der Waals surface area (Å²) in [5, 5.41) is 8.18. The fourth-order valence-corrected chi connectivity index (χ4v) is 4.43. The summed E-state index contributed by atoms with van der Waals surface area (Å²) in [5.41, 5.74) is 2.21. The van der Waals surface area contributed by atoms with Crippen LogP contribution >= 0.6 is 22.9 Å². The van der Waals surface area contributed by atoms with Gasteiger partial charge in [-0.05, 0) is 60.3 Å². The van der Waals surface area contributed by atoms with Crippen LogP contribution in [-0.2, 0) is 20.9 Å². The number of rotatable bonds is 8. The molecule has 2 N–H and O–H groups in total. The number of nitrogens with one attached hydrogen (secondary N) is 2. The van der Waals surface area contributed by atoms with Crippen molar-refractivity contribution in [3.05, 3.63) is 75.4 Å². The van der Waals surface area contributed by atoms with E-state index >= 15 is 0 Å². The van der Waals surface area contributed by atoms with Crippen molar-refractivity contribution in [3.8, 4) is 5.75 Å². The van der Waals surface area contributed by atoms with Gasteiger partial charge in [-0.25, -0.2) is 0 Å². The van der Waals surface area contributed by atoms with Crippen molar-refractivity contribution in [2.75, 3.05) is 23.4 Å². The third-order valence-corrected chi connectivity index (χ3v) is 6.77. The third-order valence-electron chi connectivity index (χ3n) is 5.49. The summed E-state index contributed by atoms with van der Waals surface area (Å²) in [6.07, 6.45) is 0.178. The van der Waals surface area contributed by atoms with Crippen molar-refractivity contribution < 1.29 is 19.1 Å². The lowest BCUT2D eigenvalue weighted by Crippen LogP contribution is -2.32. The Morgan fingerprint density at radius 3 is 2.68 bits per heavy atom. The highest BCUT2D eigenvalue weighted by atomic mass is 35.5. The second-order valence-electron chi connectivity index (χ2n) is 8.00. The summed E-state index contributed by atoms with van der Waals surface area (Å²) in [6, 6.07) is 16.1. The van der Waals surface area contributed by atoms with Gasteiger partial charge in [0.05, 0.1) is 12.5 Å². The van der Waals surface area contributed by atoms with Crippen LogP contribution in [0.5, 0.6) is 5.75 Å². The number of hydrogen-bond donors (Lipinski definition) is 2. The SMILES string of the molecule is Cc1ccc(NC(=O)COc2ccc(N3C[C@@H](C(=O)NCc4cccs4)CC3=O)cc2)cc1Cl. The van der Waals surface area contributed by atoms with E-state index in [-0.39, 0.29) is 36.7 Å². The standard InChI is InChI=1S/C25H24ClN3O4S/c1-16-4-5-18(12-22(16)26)28-23(30)15-33-20-8-6-19(7-9-20)29-14-17(11-24(29)31)25(32)27-13-21-3-2-10-34-21/h2-10,12,17H,11,13-15H2,1H3,(H,27,32)(H,28,30)/t17-/m0/s1. The molecule has 176 valence electrons. The Balaban J connectivity index is 1.27. The average molecular weight is 498 g/mol. The highest BCUT2D eigenvalue weighted by molar-refractivity contribution is 7.09. The molecule has 1 saturated heterocycles. The number of carbonyl (C=O) groups is 3. The molecule has 1 atom stereocenters. The van der Waals surface area contributed by atoms with Gasteiger partial charge in [0.25, 0.3) is 5.91 Å². The molecular weight excluding hydrogens is 474 g/mol. The highest BCUT2D eigenvalue weighted by Gasteiger charge is 2.35. The summed E-state index contributed by atoms with van der Waals surface area (Å²) in [5.74, 6) is -0.415. The Bertz CT molecular complexity index is 1180. The van der Waals surface area contributed by atoms with Crippen LogP contribution in [0.3, 0.4) is 0 Å². The van der Waals surface area contributed by atoms with Gasteiger partial charge in [0.15, 0.2) is 6.61 Å². The van der Waals surface area contributed by atoms with Crippen LogP contribution in [0, 0.1) is 12.8 Å². The van der Waals surface area contributed by atoms with Crippen molar-refractivity contribution in [3.63, 3.8) is 0 Å². The summed E-state index contributed by atoms with van der Waals surface area (Å²) in [7, 11) is 0. The van der Waals surface area contributed by atoms with E-state index in [4.69, 9.17) is 16.3 Å². The van der Waals surface area contributed by atoms with Crippen molar-refractivity contribution in [2.24, 2.45) is 5.92 Å². The number of halogens is 1. The van der Waals surface area contributed by atoms with Gasteiger partial charge in [-0.2, -0.15) is 0 Å². The van der Waals surface area contributed by atoms with E-state index in [0.717, 1.165) is 10.4 Å². The molecular formula is C25H24ClN3O4S. The molecule has 3 aromatic rings. The first-order valence-electron chi connectivity index (χ1n) is 10.8. The molecule has 1 aliphatic rings. The molecule has 2 aromatic carbocycles.